The van der Waals surface area contributed by atoms with Crippen LogP contribution >= 0.6 is 0 Å². The molecule has 0 atom stereocenters. The molecule has 2 aliphatic heterocycles. The molecule has 3 N–H and O–H groups in total. The lowest BCUT2D eigenvalue weighted by Gasteiger charge is -2.35. The van der Waals surface area contributed by atoms with Gasteiger partial charge >= 0.3 is 5.69 Å². The molecular formula is C47H53FN10O7. The number of aryl methyl sites for hydroxylation is 2. The first-order chi connectivity index (χ1) is 31.5. The number of amides is 3. The van der Waals surface area contributed by atoms with E-state index in [1.165, 1.54) is 12.1 Å². The molecule has 65 heavy (non-hydrogen) atoms. The lowest BCUT2D eigenvalue weighted by atomic mass is 10.0. The Morgan fingerprint density at radius 1 is 0.923 bits per heavy atom. The largest absolute Gasteiger partial charge is 0.494 e. The molecule has 17 nitrogen and oxygen atoms in total. The number of aromatic nitrogens is 6. The van der Waals surface area contributed by atoms with Crippen molar-refractivity contribution in [3.05, 3.63) is 116 Å². The van der Waals surface area contributed by atoms with Crippen molar-refractivity contribution in [3.8, 4) is 5.75 Å². The first-order valence-electron chi connectivity index (χ1n) is 22.1. The van der Waals surface area contributed by atoms with Crippen LogP contribution in [0.2, 0.25) is 0 Å². The van der Waals surface area contributed by atoms with Crippen molar-refractivity contribution < 1.29 is 28.2 Å². The summed E-state index contributed by atoms with van der Waals surface area (Å²) in [6.07, 6.45) is 5.80. The Kier molecular flexibility index (Phi) is 13.9. The number of H-pyrrole nitrogens is 1. The molecule has 340 valence electrons. The number of rotatable bonds is 16. The molecule has 0 bridgehead atoms. The van der Waals surface area contributed by atoms with Gasteiger partial charge < -0.3 is 29.9 Å². The minimum atomic E-state index is -0.632. The minimum Gasteiger partial charge on any atom is -0.494 e. The highest BCUT2D eigenvalue weighted by atomic mass is 19.1. The van der Waals surface area contributed by atoms with Crippen molar-refractivity contribution in [2.75, 3.05) is 57.9 Å². The van der Waals surface area contributed by atoms with E-state index in [2.05, 4.69) is 25.8 Å². The van der Waals surface area contributed by atoms with Gasteiger partial charge in [-0.25, -0.2) is 19.3 Å². The van der Waals surface area contributed by atoms with E-state index in [1.807, 2.05) is 37.3 Å². The molecule has 6 aromatic rings. The monoisotopic (exact) mass is 888 g/mol. The number of halogens is 1. The summed E-state index contributed by atoms with van der Waals surface area (Å²) in [7, 11) is 1.73. The summed E-state index contributed by atoms with van der Waals surface area (Å²) in [4.78, 5) is 76.7. The Hall–Kier alpha value is -6.95. The van der Waals surface area contributed by atoms with Gasteiger partial charge in [0.05, 0.1) is 29.4 Å². The standard InChI is InChI=1S/C47H53FN10O7/c1-30-12-14-33(28-38(30)51-46-50-29-40-43(52-46)58(47(63)55(40)2)32-16-24-64-25-17-32)65-23-6-5-10-41(59)49-18-7-11-42(60)56-19-21-57(22-20-56)45(62)36-26-31(13-15-37(36)48)27-39-34-8-3-4-9-35(34)44(61)54-53-39/h3-4,8-9,12-15,26,28-29,32H,5-7,10-11,16-25,27H2,1-2H3,(H,49,59)(H,54,61)(H,50,51,52). The third kappa shape index (κ3) is 10.4. The number of carbonyl (C=O) groups excluding carboxylic acids is 3. The van der Waals surface area contributed by atoms with Gasteiger partial charge in [0, 0.05) is 95.4 Å². The number of hydrogen-bond donors (Lipinski definition) is 3. The average Bonchev–Trinajstić information content (AvgIpc) is 3.57. The van der Waals surface area contributed by atoms with E-state index in [0.29, 0.717) is 116 Å². The number of carbonyl (C=O) groups is 3. The number of benzene rings is 3. The van der Waals surface area contributed by atoms with Crippen molar-refractivity contribution in [3.63, 3.8) is 0 Å². The summed E-state index contributed by atoms with van der Waals surface area (Å²) in [5.41, 5.74) is 3.80. The average molecular weight is 889 g/mol. The van der Waals surface area contributed by atoms with E-state index in [9.17, 15) is 28.4 Å². The molecule has 18 heteroatoms. The number of aromatic amines is 1. The normalized spacial score (nSPS) is 14.5. The van der Waals surface area contributed by atoms with Crippen LogP contribution in [0.3, 0.4) is 0 Å². The Morgan fingerprint density at radius 3 is 2.49 bits per heavy atom. The third-order valence-electron chi connectivity index (χ3n) is 12.1. The van der Waals surface area contributed by atoms with Gasteiger partial charge in [0.1, 0.15) is 17.1 Å². The molecule has 5 heterocycles. The van der Waals surface area contributed by atoms with Gasteiger partial charge in [-0.3, -0.25) is 28.3 Å². The van der Waals surface area contributed by atoms with E-state index in [-0.39, 0.29) is 54.2 Å². The number of nitrogens with one attached hydrogen (secondary N) is 3. The van der Waals surface area contributed by atoms with Crippen LogP contribution in [-0.4, -0.2) is 109 Å². The predicted molar refractivity (Wildman–Crippen MR) is 242 cm³/mol. The first-order valence-corrected chi connectivity index (χ1v) is 22.1. The van der Waals surface area contributed by atoms with E-state index < -0.39 is 11.7 Å². The second-order valence-electron chi connectivity index (χ2n) is 16.5. The fraction of sp³-hybridized carbons (Fsp3) is 0.404. The van der Waals surface area contributed by atoms with Crippen LogP contribution in [-0.2, 0) is 27.8 Å². The van der Waals surface area contributed by atoms with Crippen molar-refractivity contribution in [1.29, 1.82) is 0 Å². The fourth-order valence-electron chi connectivity index (χ4n) is 8.38. The van der Waals surface area contributed by atoms with Crippen LogP contribution in [0.15, 0.2) is 76.4 Å². The first kappa shape index (κ1) is 44.6. The smallest absolute Gasteiger partial charge is 0.330 e. The highest BCUT2D eigenvalue weighted by Gasteiger charge is 2.27. The topological polar surface area (TPSA) is 199 Å². The Balaban J connectivity index is 0.724. The van der Waals surface area contributed by atoms with Gasteiger partial charge in [0.15, 0.2) is 5.65 Å². The maximum Gasteiger partial charge on any atom is 0.330 e. The molecule has 2 aliphatic rings. The lowest BCUT2D eigenvalue weighted by Crippen LogP contribution is -2.50. The van der Waals surface area contributed by atoms with Crippen LogP contribution < -0.4 is 26.6 Å². The van der Waals surface area contributed by atoms with Crippen LogP contribution in [0.25, 0.3) is 21.9 Å². The lowest BCUT2D eigenvalue weighted by molar-refractivity contribution is -0.133. The van der Waals surface area contributed by atoms with Gasteiger partial charge in [-0.2, -0.15) is 10.1 Å². The number of piperazine rings is 1. The van der Waals surface area contributed by atoms with E-state index in [4.69, 9.17) is 14.5 Å². The third-order valence-corrected chi connectivity index (χ3v) is 12.1. The zero-order valence-corrected chi connectivity index (χ0v) is 36.6. The fourth-order valence-corrected chi connectivity index (χ4v) is 8.38. The second kappa shape index (κ2) is 20.3. The Labute approximate surface area is 373 Å². The van der Waals surface area contributed by atoms with Gasteiger partial charge in [0.2, 0.25) is 17.8 Å². The number of nitrogens with zero attached hydrogens (tertiary/aromatic N) is 7. The summed E-state index contributed by atoms with van der Waals surface area (Å²) >= 11 is 0. The van der Waals surface area contributed by atoms with E-state index in [1.54, 1.807) is 50.4 Å². The van der Waals surface area contributed by atoms with Crippen LogP contribution in [0.4, 0.5) is 16.0 Å². The number of unbranched alkanes of at least 4 members (excludes halogenated alkanes) is 1. The number of fused-ring (bicyclic) bond motifs is 2. The molecule has 3 aromatic carbocycles. The summed E-state index contributed by atoms with van der Waals surface area (Å²) < 4.78 is 29.8. The molecule has 0 radical (unpaired) electrons. The molecule has 0 saturated carbocycles. The van der Waals surface area contributed by atoms with Crippen molar-refractivity contribution >= 4 is 51.3 Å². The van der Waals surface area contributed by atoms with Crippen molar-refractivity contribution in [1.82, 2.24) is 44.4 Å². The predicted octanol–water partition coefficient (Wildman–Crippen LogP) is 4.93. The van der Waals surface area contributed by atoms with Gasteiger partial charge in [-0.05, 0) is 74.4 Å². The van der Waals surface area contributed by atoms with Crippen LogP contribution in [0, 0.1) is 12.7 Å². The van der Waals surface area contributed by atoms with E-state index in [0.717, 1.165) is 24.1 Å². The second-order valence-corrected chi connectivity index (χ2v) is 16.5. The summed E-state index contributed by atoms with van der Waals surface area (Å²) in [6, 6.07) is 17.2. The van der Waals surface area contributed by atoms with Gasteiger partial charge in [-0.1, -0.05) is 30.3 Å². The molecular weight excluding hydrogens is 836 g/mol. The number of hydrogen-bond acceptors (Lipinski definition) is 11. The molecule has 2 saturated heterocycles. The molecule has 0 spiro atoms. The summed E-state index contributed by atoms with van der Waals surface area (Å²) in [5.74, 6) is -0.203. The maximum absolute atomic E-state index is 15.0. The number of anilines is 2. The van der Waals surface area contributed by atoms with E-state index >= 15 is 0 Å². The zero-order valence-electron chi connectivity index (χ0n) is 36.6. The zero-order chi connectivity index (χ0) is 45.5. The Morgan fingerprint density at radius 2 is 1.69 bits per heavy atom. The van der Waals surface area contributed by atoms with Crippen LogP contribution in [0.5, 0.6) is 5.75 Å². The summed E-state index contributed by atoms with van der Waals surface area (Å²) in [5, 5.41) is 14.1. The van der Waals surface area contributed by atoms with Crippen LogP contribution in [0.1, 0.15) is 78.2 Å². The highest BCUT2D eigenvalue weighted by molar-refractivity contribution is 5.95. The quantitative estimate of drug-likeness (QED) is 0.111. The number of imidazole rings is 1. The molecule has 0 aliphatic carbocycles. The molecule has 3 aromatic heterocycles. The summed E-state index contributed by atoms with van der Waals surface area (Å²) in [6.45, 7) is 5.16. The molecule has 2 fully saturated rings. The van der Waals surface area contributed by atoms with Crippen molar-refractivity contribution in [2.24, 2.45) is 7.05 Å². The highest BCUT2D eigenvalue weighted by Crippen LogP contribution is 2.28. The Bertz CT molecular complexity index is 2830. The number of ether oxygens (including phenoxy) is 2. The molecule has 0 unspecified atom stereocenters. The minimum absolute atomic E-state index is 0.0144. The van der Waals surface area contributed by atoms with Gasteiger partial charge in [-0.15, -0.1) is 0 Å². The molecule has 3 amide bonds. The maximum atomic E-state index is 15.0. The van der Waals surface area contributed by atoms with Crippen molar-refractivity contribution in [2.45, 2.75) is 64.3 Å². The van der Waals surface area contributed by atoms with Gasteiger partial charge in [0.25, 0.3) is 11.5 Å². The molecule has 8 rings (SSSR count). The SMILES string of the molecule is Cc1ccc(OCCCCC(=O)NCCCC(=O)N2CCN(C(=O)c3cc(Cc4n[nH]c(=O)c5ccccc45)ccc3F)CC2)cc1Nc1ncc2c(n1)n(C1CCOCC1)c(=O)n2C.